The van der Waals surface area contributed by atoms with Gasteiger partial charge in [0, 0.05) is 18.1 Å². The van der Waals surface area contributed by atoms with Gasteiger partial charge in [-0.25, -0.2) is 4.39 Å². The molecule has 0 aliphatic carbocycles. The summed E-state index contributed by atoms with van der Waals surface area (Å²) in [6.45, 7) is 0.258. The molecule has 3 rings (SSSR count). The van der Waals surface area contributed by atoms with Gasteiger partial charge in [-0.1, -0.05) is 24.3 Å². The zero-order valence-electron chi connectivity index (χ0n) is 11.0. The lowest BCUT2D eigenvalue weighted by Crippen LogP contribution is -2.00. The van der Waals surface area contributed by atoms with Crippen molar-refractivity contribution in [1.29, 1.82) is 0 Å². The minimum absolute atomic E-state index is 0.136. The van der Waals surface area contributed by atoms with Gasteiger partial charge in [0.1, 0.15) is 5.52 Å². The van der Waals surface area contributed by atoms with Gasteiger partial charge in [0.05, 0.1) is 4.47 Å². The molecule has 5 heteroatoms. The van der Waals surface area contributed by atoms with Crippen molar-refractivity contribution >= 4 is 26.8 Å². The van der Waals surface area contributed by atoms with E-state index in [1.807, 2.05) is 24.3 Å². The molecule has 0 aliphatic rings. The third-order valence-corrected chi connectivity index (χ3v) is 4.02. The van der Waals surface area contributed by atoms with E-state index >= 15 is 0 Å². The molecule has 1 heterocycles. The highest BCUT2D eigenvalue weighted by molar-refractivity contribution is 9.10. The molecule has 106 valence electrons. The highest BCUT2D eigenvalue weighted by atomic mass is 79.9. The summed E-state index contributed by atoms with van der Waals surface area (Å²) >= 11 is 3.20. The van der Waals surface area contributed by atoms with E-state index in [9.17, 15) is 4.39 Å². The molecule has 2 N–H and O–H groups in total. The zero-order valence-corrected chi connectivity index (χ0v) is 12.6. The van der Waals surface area contributed by atoms with Crippen LogP contribution >= 0.6 is 15.9 Å². The van der Waals surface area contributed by atoms with Gasteiger partial charge < -0.3 is 10.5 Å². The number of nitrogens with zero attached hydrogens (tertiary/aromatic N) is 1. The molecule has 21 heavy (non-hydrogen) atoms. The lowest BCUT2D eigenvalue weighted by atomic mass is 10.2. The fourth-order valence-corrected chi connectivity index (χ4v) is 2.57. The lowest BCUT2D eigenvalue weighted by molar-refractivity contribution is 0.443. The molecule has 0 spiro atoms. The van der Waals surface area contributed by atoms with Gasteiger partial charge in [0.2, 0.25) is 0 Å². The van der Waals surface area contributed by atoms with Crippen LogP contribution in [-0.4, -0.2) is 4.98 Å². The van der Waals surface area contributed by atoms with Crippen molar-refractivity contribution < 1.29 is 9.13 Å². The number of halogens is 2. The second-order valence-electron chi connectivity index (χ2n) is 4.49. The number of nitrogens with two attached hydrogens (primary N) is 1. The Morgan fingerprint density at radius 3 is 2.71 bits per heavy atom. The number of rotatable bonds is 3. The lowest BCUT2D eigenvalue weighted by Gasteiger charge is -2.11. The first-order valence-electron chi connectivity index (χ1n) is 6.39. The number of benzene rings is 2. The summed E-state index contributed by atoms with van der Waals surface area (Å²) in [5.41, 5.74) is 6.93. The Bertz CT molecular complexity index is 802. The first kappa shape index (κ1) is 14.0. The van der Waals surface area contributed by atoms with E-state index in [-0.39, 0.29) is 12.3 Å². The van der Waals surface area contributed by atoms with Crippen molar-refractivity contribution in [3.8, 4) is 11.5 Å². The molecule has 0 bridgehead atoms. The smallest absolute Gasteiger partial charge is 0.180 e. The summed E-state index contributed by atoms with van der Waals surface area (Å²) < 4.78 is 20.3. The molecule has 0 fully saturated rings. The Morgan fingerprint density at radius 2 is 1.90 bits per heavy atom. The Kier molecular flexibility index (Phi) is 3.86. The third-order valence-electron chi connectivity index (χ3n) is 3.16. The SMILES string of the molecule is NCc1ccc(Oc2cccc3cccnc23)c(F)c1Br. The zero-order chi connectivity index (χ0) is 14.8. The molecular formula is C16H12BrFN2O. The average Bonchev–Trinajstić information content (AvgIpc) is 2.52. The molecule has 1 aromatic heterocycles. The topological polar surface area (TPSA) is 48.1 Å². The molecule has 0 aliphatic heterocycles. The summed E-state index contributed by atoms with van der Waals surface area (Å²) in [5.74, 6) is 0.183. The molecule has 2 aromatic carbocycles. The second kappa shape index (κ2) is 5.79. The van der Waals surface area contributed by atoms with Gasteiger partial charge in [-0.15, -0.1) is 0 Å². The summed E-state index contributed by atoms with van der Waals surface area (Å²) in [7, 11) is 0. The Labute approximate surface area is 129 Å². The number of aromatic nitrogens is 1. The number of pyridine rings is 1. The Morgan fingerprint density at radius 1 is 1.10 bits per heavy atom. The molecule has 0 saturated carbocycles. The van der Waals surface area contributed by atoms with E-state index in [1.165, 1.54) is 0 Å². The normalized spacial score (nSPS) is 10.8. The van der Waals surface area contributed by atoms with Crippen molar-refractivity contribution in [2.75, 3.05) is 0 Å². The van der Waals surface area contributed by atoms with Gasteiger partial charge >= 0.3 is 0 Å². The fraction of sp³-hybridized carbons (Fsp3) is 0.0625. The van der Waals surface area contributed by atoms with Gasteiger partial charge in [0.25, 0.3) is 0 Å². The van der Waals surface area contributed by atoms with Crippen LogP contribution in [0.25, 0.3) is 10.9 Å². The molecule has 0 unspecified atom stereocenters. The molecule has 3 nitrogen and oxygen atoms in total. The predicted molar refractivity (Wildman–Crippen MR) is 83.8 cm³/mol. The van der Waals surface area contributed by atoms with Crippen LogP contribution in [0.2, 0.25) is 0 Å². The van der Waals surface area contributed by atoms with Crippen LogP contribution in [0.3, 0.4) is 0 Å². The molecule has 3 aromatic rings. The fourth-order valence-electron chi connectivity index (χ4n) is 2.09. The van der Waals surface area contributed by atoms with Crippen molar-refractivity contribution in [1.82, 2.24) is 4.98 Å². The van der Waals surface area contributed by atoms with Crippen molar-refractivity contribution in [3.63, 3.8) is 0 Å². The molecular weight excluding hydrogens is 335 g/mol. The predicted octanol–water partition coefficient (Wildman–Crippen LogP) is 4.39. The summed E-state index contributed by atoms with van der Waals surface area (Å²) in [5, 5.41) is 0.938. The van der Waals surface area contributed by atoms with E-state index in [2.05, 4.69) is 20.9 Å². The Balaban J connectivity index is 2.05. The van der Waals surface area contributed by atoms with Crippen molar-refractivity contribution in [3.05, 3.63) is 64.5 Å². The first-order valence-corrected chi connectivity index (χ1v) is 7.18. The van der Waals surface area contributed by atoms with Crippen LogP contribution in [0.15, 0.2) is 53.1 Å². The summed E-state index contributed by atoms with van der Waals surface area (Å²) in [6.07, 6.45) is 1.68. The van der Waals surface area contributed by atoms with Crippen LogP contribution in [-0.2, 0) is 6.54 Å². The monoisotopic (exact) mass is 346 g/mol. The van der Waals surface area contributed by atoms with E-state index < -0.39 is 5.82 Å². The highest BCUT2D eigenvalue weighted by Crippen LogP contribution is 2.33. The number of hydrogen-bond acceptors (Lipinski definition) is 3. The number of fused-ring (bicyclic) bond motifs is 1. The van der Waals surface area contributed by atoms with Crippen LogP contribution in [0.5, 0.6) is 11.5 Å². The largest absolute Gasteiger partial charge is 0.452 e. The van der Waals surface area contributed by atoms with E-state index in [0.29, 0.717) is 21.3 Å². The van der Waals surface area contributed by atoms with Gasteiger partial charge in [-0.05, 0) is 39.7 Å². The maximum atomic E-state index is 14.3. The van der Waals surface area contributed by atoms with E-state index in [1.54, 1.807) is 24.4 Å². The van der Waals surface area contributed by atoms with Crippen LogP contribution in [0.4, 0.5) is 4.39 Å². The van der Waals surface area contributed by atoms with Crippen LogP contribution in [0, 0.1) is 5.82 Å². The summed E-state index contributed by atoms with van der Waals surface area (Å²) in [6, 6.07) is 12.6. The number of ether oxygens (including phenoxy) is 1. The van der Waals surface area contributed by atoms with Crippen molar-refractivity contribution in [2.45, 2.75) is 6.54 Å². The minimum Gasteiger partial charge on any atom is -0.452 e. The maximum Gasteiger partial charge on any atom is 0.180 e. The number of hydrogen-bond donors (Lipinski definition) is 1. The average molecular weight is 347 g/mol. The quantitative estimate of drug-likeness (QED) is 0.765. The standard InChI is InChI=1S/C16H12BrFN2O/c17-14-11(9-19)6-7-12(15(14)18)21-13-5-1-3-10-4-2-8-20-16(10)13/h1-8H,9,19H2. The van der Waals surface area contributed by atoms with Gasteiger partial charge in [0.15, 0.2) is 17.3 Å². The Hall–Kier alpha value is -1.98. The molecule has 0 radical (unpaired) electrons. The third kappa shape index (κ3) is 2.62. The summed E-state index contributed by atoms with van der Waals surface area (Å²) in [4.78, 5) is 4.28. The highest BCUT2D eigenvalue weighted by Gasteiger charge is 2.13. The molecule has 0 amide bonds. The minimum atomic E-state index is -0.467. The number of para-hydroxylation sites is 1. The molecule has 0 saturated heterocycles. The van der Waals surface area contributed by atoms with E-state index in [0.717, 1.165) is 5.39 Å². The van der Waals surface area contributed by atoms with Crippen molar-refractivity contribution in [2.24, 2.45) is 5.73 Å². The van der Waals surface area contributed by atoms with Crippen LogP contribution < -0.4 is 10.5 Å². The first-order chi connectivity index (χ1) is 10.2. The molecule has 0 atom stereocenters. The van der Waals surface area contributed by atoms with E-state index in [4.69, 9.17) is 10.5 Å². The van der Waals surface area contributed by atoms with Crippen LogP contribution in [0.1, 0.15) is 5.56 Å². The maximum absolute atomic E-state index is 14.3. The van der Waals surface area contributed by atoms with Gasteiger partial charge in [-0.2, -0.15) is 0 Å². The second-order valence-corrected chi connectivity index (χ2v) is 5.28. The van der Waals surface area contributed by atoms with Gasteiger partial charge in [-0.3, -0.25) is 4.98 Å².